The molecule has 0 bridgehead atoms. The molecule has 1 aliphatic heterocycles. The van der Waals surface area contributed by atoms with Crippen LogP contribution in [0.3, 0.4) is 0 Å². The van der Waals surface area contributed by atoms with E-state index in [1.165, 1.54) is 0 Å². The highest BCUT2D eigenvalue weighted by Crippen LogP contribution is 2.37. The van der Waals surface area contributed by atoms with Gasteiger partial charge in [0, 0.05) is 35.8 Å². The van der Waals surface area contributed by atoms with Crippen LogP contribution in [-0.4, -0.2) is 34.9 Å². The molecule has 4 aromatic rings. The molecule has 2 N–H and O–H groups in total. The number of nitrogens with one attached hydrogen (secondary N) is 2. The fourth-order valence-electron chi connectivity index (χ4n) is 4.31. The van der Waals surface area contributed by atoms with Crippen molar-refractivity contribution >= 4 is 23.7 Å². The van der Waals surface area contributed by atoms with E-state index in [1.807, 2.05) is 54.7 Å². The molecule has 8 heteroatoms. The average molecular weight is 489 g/mol. The van der Waals surface area contributed by atoms with Crippen LogP contribution >= 0.6 is 11.6 Å². The van der Waals surface area contributed by atoms with E-state index in [4.69, 9.17) is 21.1 Å². The van der Waals surface area contributed by atoms with Crippen LogP contribution in [0.2, 0.25) is 5.02 Å². The fraction of sp³-hybridized carbons (Fsp3) is 0.222. The fourth-order valence-corrected chi connectivity index (χ4v) is 4.50. The van der Waals surface area contributed by atoms with Crippen LogP contribution in [-0.2, 0) is 17.6 Å². The van der Waals surface area contributed by atoms with Crippen molar-refractivity contribution in [2.24, 2.45) is 0 Å². The topological polar surface area (TPSA) is 89.1 Å². The Kier molecular flexibility index (Phi) is 6.68. The van der Waals surface area contributed by atoms with E-state index in [0.717, 1.165) is 46.7 Å². The monoisotopic (exact) mass is 488 g/mol. The first kappa shape index (κ1) is 22.9. The molecule has 35 heavy (non-hydrogen) atoms. The van der Waals surface area contributed by atoms with E-state index in [2.05, 4.69) is 20.3 Å². The highest BCUT2D eigenvalue weighted by Gasteiger charge is 2.25. The zero-order valence-electron chi connectivity index (χ0n) is 19.3. The van der Waals surface area contributed by atoms with Crippen molar-refractivity contribution < 1.29 is 14.3 Å². The van der Waals surface area contributed by atoms with Crippen LogP contribution in [0, 0.1) is 0 Å². The predicted octanol–water partition coefficient (Wildman–Crippen LogP) is 5.81. The molecule has 0 spiro atoms. The quantitative estimate of drug-likeness (QED) is 0.304. The zero-order valence-corrected chi connectivity index (χ0v) is 20.0. The first-order valence-corrected chi connectivity index (χ1v) is 11.9. The van der Waals surface area contributed by atoms with Gasteiger partial charge in [-0.25, -0.2) is 9.97 Å². The Hall–Kier alpha value is -3.84. The second kappa shape index (κ2) is 10.2. The minimum atomic E-state index is 0.0886. The number of aromatic nitrogens is 3. The molecule has 0 radical (unpaired) electrons. The summed E-state index contributed by atoms with van der Waals surface area (Å²) in [6.07, 6.45) is 6.14. The summed E-state index contributed by atoms with van der Waals surface area (Å²) >= 11 is 6.14. The van der Waals surface area contributed by atoms with Crippen molar-refractivity contribution in [1.82, 2.24) is 15.0 Å². The van der Waals surface area contributed by atoms with Crippen LogP contribution in [0.5, 0.6) is 17.2 Å². The molecule has 0 saturated heterocycles. The molecule has 1 aliphatic rings. The van der Waals surface area contributed by atoms with Gasteiger partial charge in [0.2, 0.25) is 0 Å². The van der Waals surface area contributed by atoms with Gasteiger partial charge in [-0.05, 0) is 54.8 Å². The number of H-pyrrole nitrogens is 1. The van der Waals surface area contributed by atoms with E-state index >= 15 is 0 Å². The van der Waals surface area contributed by atoms with Gasteiger partial charge in [0.05, 0.1) is 24.4 Å². The molecular formula is C27H25ClN4O3. The first-order valence-electron chi connectivity index (χ1n) is 11.5. The number of fused-ring (bicyclic) bond motifs is 1. The summed E-state index contributed by atoms with van der Waals surface area (Å²) in [6, 6.07) is 15.3. The number of carbonyl (C=O) groups excluding carboxylic acids is 1. The lowest BCUT2D eigenvalue weighted by Crippen LogP contribution is -2.20. The van der Waals surface area contributed by atoms with Crippen LogP contribution in [0.25, 0.3) is 11.3 Å². The number of hydrogen-bond acceptors (Lipinski definition) is 6. The van der Waals surface area contributed by atoms with Crippen LogP contribution < -0.4 is 14.8 Å². The molecule has 5 rings (SSSR count). The number of ether oxygens (including phenoxy) is 2. The van der Waals surface area contributed by atoms with E-state index in [1.54, 1.807) is 13.2 Å². The summed E-state index contributed by atoms with van der Waals surface area (Å²) in [6.45, 7) is 0.543. The highest BCUT2D eigenvalue weighted by atomic mass is 35.5. The number of pyridine rings is 1. The molecular weight excluding hydrogens is 464 g/mol. The van der Waals surface area contributed by atoms with Gasteiger partial charge in [0.15, 0.2) is 0 Å². The number of rotatable bonds is 8. The summed E-state index contributed by atoms with van der Waals surface area (Å²) in [5.74, 6) is 3.90. The number of nitrogens with zero attached hydrogens (tertiary/aromatic N) is 2. The summed E-state index contributed by atoms with van der Waals surface area (Å²) in [4.78, 5) is 23.3. The SMILES string of the molecule is CNc1nccc(Oc2ccc3c(c2)CC(c2ncc(-c4cccc(Cl)c4)[nH]2)CO3)c1CCC=O. The van der Waals surface area contributed by atoms with Crippen molar-refractivity contribution in [3.05, 3.63) is 82.9 Å². The Labute approximate surface area is 208 Å². The Balaban J connectivity index is 1.36. The molecule has 0 fully saturated rings. The molecule has 1 unspecified atom stereocenters. The Morgan fingerprint density at radius 3 is 2.97 bits per heavy atom. The van der Waals surface area contributed by atoms with Crippen molar-refractivity contribution in [1.29, 1.82) is 0 Å². The molecule has 0 saturated carbocycles. The van der Waals surface area contributed by atoms with E-state index in [-0.39, 0.29) is 5.92 Å². The maximum atomic E-state index is 10.9. The predicted molar refractivity (Wildman–Crippen MR) is 136 cm³/mol. The third-order valence-corrected chi connectivity index (χ3v) is 6.28. The summed E-state index contributed by atoms with van der Waals surface area (Å²) in [5, 5.41) is 3.76. The smallest absolute Gasteiger partial charge is 0.135 e. The number of anilines is 1. The summed E-state index contributed by atoms with van der Waals surface area (Å²) in [7, 11) is 1.80. The zero-order chi connectivity index (χ0) is 24.2. The lowest BCUT2D eigenvalue weighted by atomic mass is 9.96. The number of aldehydes is 1. The van der Waals surface area contributed by atoms with Crippen LogP contribution in [0.4, 0.5) is 5.82 Å². The van der Waals surface area contributed by atoms with Gasteiger partial charge in [-0.3, -0.25) is 0 Å². The third kappa shape index (κ3) is 5.00. The standard InChI is InChI=1S/C27H25ClN4O3/c1-29-27-22(6-3-11-33)25(9-10-30-27)35-21-7-8-24-18(14-21)12-19(16-34-24)26-31-15-23(32-26)17-4-2-5-20(28)13-17/h2,4-5,7-11,13-15,19H,3,6,12,16H2,1H3,(H,29,30)(H,31,32). The Morgan fingerprint density at radius 2 is 2.14 bits per heavy atom. The first-order chi connectivity index (χ1) is 17.1. The van der Waals surface area contributed by atoms with Crippen molar-refractivity contribution in [3.8, 4) is 28.5 Å². The number of hydrogen-bond donors (Lipinski definition) is 2. The van der Waals surface area contributed by atoms with E-state index in [9.17, 15) is 4.79 Å². The highest BCUT2D eigenvalue weighted by molar-refractivity contribution is 6.30. The molecule has 0 aliphatic carbocycles. The van der Waals surface area contributed by atoms with Gasteiger partial charge in [-0.2, -0.15) is 0 Å². The van der Waals surface area contributed by atoms with Crippen molar-refractivity contribution in [3.63, 3.8) is 0 Å². The van der Waals surface area contributed by atoms with Gasteiger partial charge in [-0.1, -0.05) is 23.7 Å². The van der Waals surface area contributed by atoms with Gasteiger partial charge in [0.25, 0.3) is 0 Å². The summed E-state index contributed by atoms with van der Waals surface area (Å²) < 4.78 is 12.3. The maximum Gasteiger partial charge on any atom is 0.135 e. The Morgan fingerprint density at radius 1 is 1.23 bits per heavy atom. The minimum absolute atomic E-state index is 0.0886. The second-order valence-electron chi connectivity index (χ2n) is 8.37. The largest absolute Gasteiger partial charge is 0.493 e. The van der Waals surface area contributed by atoms with E-state index < -0.39 is 0 Å². The van der Waals surface area contributed by atoms with Crippen LogP contribution in [0.1, 0.15) is 29.3 Å². The lowest BCUT2D eigenvalue weighted by Gasteiger charge is -2.24. The normalized spacial score (nSPS) is 14.6. The second-order valence-corrected chi connectivity index (χ2v) is 8.80. The molecule has 0 amide bonds. The van der Waals surface area contributed by atoms with E-state index in [0.29, 0.717) is 41.8 Å². The third-order valence-electron chi connectivity index (χ3n) is 6.05. The number of carbonyl (C=O) groups is 1. The molecule has 3 heterocycles. The molecule has 1 atom stereocenters. The number of imidazole rings is 1. The van der Waals surface area contributed by atoms with Gasteiger partial charge < -0.3 is 24.6 Å². The maximum absolute atomic E-state index is 10.9. The number of halogens is 1. The molecule has 7 nitrogen and oxygen atoms in total. The van der Waals surface area contributed by atoms with Gasteiger partial charge >= 0.3 is 0 Å². The molecule has 2 aromatic carbocycles. The molecule has 2 aromatic heterocycles. The molecule has 178 valence electrons. The van der Waals surface area contributed by atoms with Crippen molar-refractivity contribution in [2.45, 2.75) is 25.2 Å². The van der Waals surface area contributed by atoms with Gasteiger partial charge in [0.1, 0.15) is 35.2 Å². The summed E-state index contributed by atoms with van der Waals surface area (Å²) in [5.41, 5.74) is 3.84. The lowest BCUT2D eigenvalue weighted by molar-refractivity contribution is -0.107. The van der Waals surface area contributed by atoms with Gasteiger partial charge in [-0.15, -0.1) is 0 Å². The minimum Gasteiger partial charge on any atom is -0.493 e. The van der Waals surface area contributed by atoms with Crippen molar-refractivity contribution in [2.75, 3.05) is 19.0 Å². The van der Waals surface area contributed by atoms with Crippen LogP contribution in [0.15, 0.2) is 60.9 Å². The Bertz CT molecular complexity index is 1350. The average Bonchev–Trinajstić information content (AvgIpc) is 3.38. The number of aromatic amines is 1. The number of benzene rings is 2.